The van der Waals surface area contributed by atoms with E-state index in [0.29, 0.717) is 16.9 Å². The molecule has 1 atom stereocenters. The van der Waals surface area contributed by atoms with E-state index in [1.807, 2.05) is 56.3 Å². The minimum Gasteiger partial charge on any atom is -0.324 e. The first-order valence-corrected chi connectivity index (χ1v) is 10.7. The van der Waals surface area contributed by atoms with Gasteiger partial charge in [-0.2, -0.15) is 0 Å². The van der Waals surface area contributed by atoms with Gasteiger partial charge in [-0.25, -0.2) is 9.37 Å². The van der Waals surface area contributed by atoms with Crippen molar-refractivity contribution in [1.29, 1.82) is 0 Å². The SMILES string of the molecule is Cc1cccc(N(C(=O)c2cnccn2)[C@H](C(=O)Nc2ccc(F)cc2)c2ccccc2C)c1. The fourth-order valence-electron chi connectivity index (χ4n) is 3.73. The van der Waals surface area contributed by atoms with E-state index in [9.17, 15) is 14.0 Å². The van der Waals surface area contributed by atoms with Crippen LogP contribution in [-0.2, 0) is 4.79 Å². The van der Waals surface area contributed by atoms with E-state index < -0.39 is 23.7 Å². The first-order valence-electron chi connectivity index (χ1n) is 10.7. The molecule has 0 saturated carbocycles. The number of anilines is 2. The second-order valence-electron chi connectivity index (χ2n) is 7.86. The summed E-state index contributed by atoms with van der Waals surface area (Å²) in [6, 6.07) is 19.2. The van der Waals surface area contributed by atoms with E-state index in [2.05, 4.69) is 15.3 Å². The summed E-state index contributed by atoms with van der Waals surface area (Å²) in [5, 5.41) is 2.83. The van der Waals surface area contributed by atoms with E-state index in [-0.39, 0.29) is 5.69 Å². The van der Waals surface area contributed by atoms with Crippen LogP contribution >= 0.6 is 0 Å². The van der Waals surface area contributed by atoms with E-state index in [1.54, 1.807) is 6.07 Å². The molecule has 0 spiro atoms. The molecule has 4 aromatic rings. The maximum Gasteiger partial charge on any atom is 0.279 e. The van der Waals surface area contributed by atoms with Crippen LogP contribution in [0, 0.1) is 19.7 Å². The topological polar surface area (TPSA) is 75.2 Å². The lowest BCUT2D eigenvalue weighted by atomic mass is 9.97. The third kappa shape index (κ3) is 4.99. The maximum atomic E-state index is 13.8. The van der Waals surface area contributed by atoms with Gasteiger partial charge in [-0.05, 0) is 66.9 Å². The quantitative estimate of drug-likeness (QED) is 0.431. The van der Waals surface area contributed by atoms with Crippen LogP contribution in [0.15, 0.2) is 91.4 Å². The molecule has 34 heavy (non-hydrogen) atoms. The van der Waals surface area contributed by atoms with Gasteiger partial charge in [0.15, 0.2) is 0 Å². The number of nitrogens with one attached hydrogen (secondary N) is 1. The number of nitrogens with zero attached hydrogens (tertiary/aromatic N) is 3. The molecule has 0 fully saturated rings. The van der Waals surface area contributed by atoms with E-state index in [0.717, 1.165) is 11.1 Å². The summed E-state index contributed by atoms with van der Waals surface area (Å²) in [5.41, 5.74) is 3.49. The van der Waals surface area contributed by atoms with Crippen molar-refractivity contribution >= 4 is 23.2 Å². The predicted octanol–water partition coefficient (Wildman–Crippen LogP) is 5.26. The van der Waals surface area contributed by atoms with Gasteiger partial charge in [0.2, 0.25) is 0 Å². The van der Waals surface area contributed by atoms with Gasteiger partial charge in [0.25, 0.3) is 11.8 Å². The largest absolute Gasteiger partial charge is 0.324 e. The Hall–Kier alpha value is -4.39. The van der Waals surface area contributed by atoms with Crippen LogP contribution in [0.5, 0.6) is 0 Å². The summed E-state index contributed by atoms with van der Waals surface area (Å²) in [5.74, 6) is -1.33. The Bertz CT molecular complexity index is 1310. The van der Waals surface area contributed by atoms with Crippen molar-refractivity contribution < 1.29 is 14.0 Å². The summed E-state index contributed by atoms with van der Waals surface area (Å²) in [7, 11) is 0. The summed E-state index contributed by atoms with van der Waals surface area (Å²) >= 11 is 0. The molecule has 4 rings (SSSR count). The molecule has 3 aromatic carbocycles. The third-order valence-electron chi connectivity index (χ3n) is 5.38. The van der Waals surface area contributed by atoms with E-state index in [4.69, 9.17) is 0 Å². The van der Waals surface area contributed by atoms with Gasteiger partial charge < -0.3 is 5.32 Å². The van der Waals surface area contributed by atoms with E-state index >= 15 is 0 Å². The molecule has 1 heterocycles. The zero-order valence-electron chi connectivity index (χ0n) is 18.8. The molecule has 0 aliphatic heterocycles. The smallest absolute Gasteiger partial charge is 0.279 e. The van der Waals surface area contributed by atoms with Crippen LogP contribution in [0.1, 0.15) is 33.2 Å². The fourth-order valence-corrected chi connectivity index (χ4v) is 3.73. The third-order valence-corrected chi connectivity index (χ3v) is 5.38. The first kappa shape index (κ1) is 22.8. The first-order chi connectivity index (χ1) is 16.4. The molecule has 0 aliphatic carbocycles. The Morgan fingerprint density at radius 3 is 2.38 bits per heavy atom. The number of aryl methyl sites for hydroxylation is 2. The van der Waals surface area contributed by atoms with Crippen molar-refractivity contribution in [3.63, 3.8) is 0 Å². The molecule has 0 saturated heterocycles. The molecule has 7 heteroatoms. The van der Waals surface area contributed by atoms with Crippen molar-refractivity contribution in [3.05, 3.63) is 120 Å². The molecule has 0 unspecified atom stereocenters. The Labute approximate surface area is 197 Å². The second-order valence-corrected chi connectivity index (χ2v) is 7.86. The highest BCUT2D eigenvalue weighted by atomic mass is 19.1. The lowest BCUT2D eigenvalue weighted by Crippen LogP contribution is -2.42. The van der Waals surface area contributed by atoms with E-state index in [1.165, 1.54) is 47.8 Å². The van der Waals surface area contributed by atoms with Gasteiger partial charge in [-0.15, -0.1) is 0 Å². The highest BCUT2D eigenvalue weighted by molar-refractivity contribution is 6.11. The maximum absolute atomic E-state index is 13.8. The Balaban J connectivity index is 1.87. The van der Waals surface area contributed by atoms with Crippen LogP contribution in [0.4, 0.5) is 15.8 Å². The Kier molecular flexibility index (Phi) is 6.73. The molecule has 1 N–H and O–H groups in total. The van der Waals surface area contributed by atoms with Gasteiger partial charge in [0.1, 0.15) is 17.6 Å². The van der Waals surface area contributed by atoms with Gasteiger partial charge in [0, 0.05) is 23.8 Å². The fraction of sp³-hybridized carbons (Fsp3) is 0.111. The molecular weight excluding hydrogens is 431 g/mol. The molecular formula is C27H23FN4O2. The summed E-state index contributed by atoms with van der Waals surface area (Å²) in [6.45, 7) is 3.80. The minimum atomic E-state index is -1.03. The Morgan fingerprint density at radius 1 is 0.941 bits per heavy atom. The lowest BCUT2D eigenvalue weighted by molar-refractivity contribution is -0.117. The molecule has 0 radical (unpaired) electrons. The van der Waals surface area contributed by atoms with Gasteiger partial charge in [-0.1, -0.05) is 36.4 Å². The van der Waals surface area contributed by atoms with Crippen molar-refractivity contribution in [2.45, 2.75) is 19.9 Å². The van der Waals surface area contributed by atoms with Crippen LogP contribution in [0.2, 0.25) is 0 Å². The van der Waals surface area contributed by atoms with Crippen LogP contribution in [0.25, 0.3) is 0 Å². The number of carbonyl (C=O) groups is 2. The van der Waals surface area contributed by atoms with Crippen molar-refractivity contribution in [2.75, 3.05) is 10.2 Å². The van der Waals surface area contributed by atoms with Crippen LogP contribution in [-0.4, -0.2) is 21.8 Å². The predicted molar refractivity (Wildman–Crippen MR) is 129 cm³/mol. The summed E-state index contributed by atoms with van der Waals surface area (Å²) < 4.78 is 13.4. The highest BCUT2D eigenvalue weighted by Crippen LogP contribution is 2.32. The number of hydrogen-bond donors (Lipinski definition) is 1. The number of halogens is 1. The van der Waals surface area contributed by atoms with Crippen LogP contribution < -0.4 is 10.2 Å². The van der Waals surface area contributed by atoms with Gasteiger partial charge >= 0.3 is 0 Å². The van der Waals surface area contributed by atoms with Crippen molar-refractivity contribution in [3.8, 4) is 0 Å². The lowest BCUT2D eigenvalue weighted by Gasteiger charge is -2.32. The molecule has 0 aliphatic rings. The van der Waals surface area contributed by atoms with Crippen LogP contribution in [0.3, 0.4) is 0 Å². The normalized spacial score (nSPS) is 11.5. The molecule has 170 valence electrons. The molecule has 1 aromatic heterocycles. The molecule has 0 bridgehead atoms. The summed E-state index contributed by atoms with van der Waals surface area (Å²) in [6.07, 6.45) is 4.29. The molecule has 6 nitrogen and oxygen atoms in total. The zero-order chi connectivity index (χ0) is 24.1. The van der Waals surface area contributed by atoms with Crippen molar-refractivity contribution in [1.82, 2.24) is 9.97 Å². The van der Waals surface area contributed by atoms with Gasteiger partial charge in [0.05, 0.1) is 6.20 Å². The number of carbonyl (C=O) groups excluding carboxylic acids is 2. The van der Waals surface area contributed by atoms with Gasteiger partial charge in [-0.3, -0.25) is 19.5 Å². The second kappa shape index (κ2) is 10.0. The number of benzene rings is 3. The monoisotopic (exact) mass is 454 g/mol. The zero-order valence-corrected chi connectivity index (χ0v) is 18.8. The molecule has 2 amide bonds. The number of amides is 2. The Morgan fingerprint density at radius 2 is 1.71 bits per heavy atom. The number of aromatic nitrogens is 2. The highest BCUT2D eigenvalue weighted by Gasteiger charge is 2.35. The average molecular weight is 455 g/mol. The summed E-state index contributed by atoms with van der Waals surface area (Å²) in [4.78, 5) is 37.2. The number of hydrogen-bond acceptors (Lipinski definition) is 4. The average Bonchev–Trinajstić information content (AvgIpc) is 2.84. The van der Waals surface area contributed by atoms with Crippen molar-refractivity contribution in [2.24, 2.45) is 0 Å². The standard InChI is InChI=1S/C27H23FN4O2/c1-18-6-5-8-22(16-18)32(27(34)24-17-29-14-15-30-24)25(23-9-4-3-7-19(23)2)26(33)31-21-12-10-20(28)11-13-21/h3-17,25H,1-2H3,(H,31,33)/t25-/m0/s1. The minimum absolute atomic E-state index is 0.108. The number of rotatable bonds is 6.